The predicted octanol–water partition coefficient (Wildman–Crippen LogP) is 4.11. The van der Waals surface area contributed by atoms with Gasteiger partial charge in [-0.2, -0.15) is 0 Å². The Hall–Kier alpha value is -1.35. The smallest absolute Gasteiger partial charge is 0.205 e. The zero-order chi connectivity index (χ0) is 13.4. The average molecular weight is 264 g/mol. The highest BCUT2D eigenvalue weighted by molar-refractivity contribution is 7.95. The monoisotopic (exact) mass is 264 g/mol. The van der Waals surface area contributed by atoms with Gasteiger partial charge in [-0.05, 0) is 31.1 Å². The second-order valence-electron chi connectivity index (χ2n) is 4.18. The quantitative estimate of drug-likeness (QED) is 0.548. The summed E-state index contributed by atoms with van der Waals surface area (Å²) in [6, 6.07) is 8.40. The average Bonchev–Trinajstić information content (AvgIpc) is 2.39. The number of hydrogen-bond donors (Lipinski definition) is 0. The van der Waals surface area contributed by atoms with Gasteiger partial charge in [-0.25, -0.2) is 8.42 Å². The van der Waals surface area contributed by atoms with Crippen molar-refractivity contribution in [1.29, 1.82) is 0 Å². The Labute approximate surface area is 110 Å². The molecule has 0 atom stereocenters. The van der Waals surface area contributed by atoms with Crippen molar-refractivity contribution in [1.82, 2.24) is 0 Å². The maximum atomic E-state index is 12.1. The minimum absolute atomic E-state index is 0.158. The number of rotatable bonds is 7. The van der Waals surface area contributed by atoms with Crippen molar-refractivity contribution in [3.05, 3.63) is 54.0 Å². The minimum atomic E-state index is -3.41. The van der Waals surface area contributed by atoms with Crippen LogP contribution in [0.1, 0.15) is 32.6 Å². The third-order valence-electron chi connectivity index (χ3n) is 2.68. The van der Waals surface area contributed by atoms with E-state index in [9.17, 15) is 8.42 Å². The van der Waals surface area contributed by atoms with Crippen molar-refractivity contribution in [2.45, 2.75) is 37.5 Å². The summed E-state index contributed by atoms with van der Waals surface area (Å²) in [7, 11) is -3.41. The van der Waals surface area contributed by atoms with Gasteiger partial charge in [0, 0.05) is 0 Å². The van der Waals surface area contributed by atoms with Crippen molar-refractivity contribution in [2.24, 2.45) is 0 Å². The number of allylic oxidation sites excluding steroid dienone is 2. The van der Waals surface area contributed by atoms with Gasteiger partial charge < -0.3 is 0 Å². The van der Waals surface area contributed by atoms with Crippen molar-refractivity contribution < 1.29 is 8.42 Å². The van der Waals surface area contributed by atoms with Crippen LogP contribution in [0, 0.1) is 0 Å². The van der Waals surface area contributed by atoms with Gasteiger partial charge in [-0.3, -0.25) is 0 Å². The van der Waals surface area contributed by atoms with Crippen molar-refractivity contribution in [3.63, 3.8) is 0 Å². The molecular weight excluding hydrogens is 244 g/mol. The van der Waals surface area contributed by atoms with Crippen LogP contribution in [0.4, 0.5) is 0 Å². The molecule has 1 aromatic rings. The molecule has 0 unspecified atom stereocenters. The summed E-state index contributed by atoms with van der Waals surface area (Å²) in [6.07, 6.45) is 7.82. The van der Waals surface area contributed by atoms with Crippen molar-refractivity contribution in [2.75, 3.05) is 0 Å². The first-order valence-electron chi connectivity index (χ1n) is 6.24. The van der Waals surface area contributed by atoms with E-state index in [1.807, 2.05) is 6.08 Å². The molecule has 0 bridgehead atoms. The van der Waals surface area contributed by atoms with E-state index >= 15 is 0 Å². The summed E-state index contributed by atoms with van der Waals surface area (Å²) in [5.41, 5.74) is 0. The molecule has 0 aliphatic rings. The van der Waals surface area contributed by atoms with Crippen molar-refractivity contribution in [3.8, 4) is 0 Å². The second kappa shape index (κ2) is 7.17. The molecule has 0 N–H and O–H groups in total. The van der Waals surface area contributed by atoms with Crippen LogP contribution in [0.25, 0.3) is 0 Å². The molecule has 1 aromatic carbocycles. The van der Waals surface area contributed by atoms with Gasteiger partial charge >= 0.3 is 0 Å². The molecule has 0 spiro atoms. The zero-order valence-corrected chi connectivity index (χ0v) is 11.6. The molecule has 0 aromatic heterocycles. The van der Waals surface area contributed by atoms with Gasteiger partial charge in [0.1, 0.15) is 0 Å². The summed E-state index contributed by atoms with van der Waals surface area (Å²) in [5, 5.41) is 0. The van der Waals surface area contributed by atoms with Crippen LogP contribution in [-0.2, 0) is 9.84 Å². The molecule has 0 saturated heterocycles. The van der Waals surface area contributed by atoms with E-state index in [1.165, 1.54) is 6.42 Å². The van der Waals surface area contributed by atoms with E-state index in [1.54, 1.807) is 36.4 Å². The lowest BCUT2D eigenvalue weighted by molar-refractivity contribution is 0.603. The van der Waals surface area contributed by atoms with E-state index in [4.69, 9.17) is 0 Å². The Morgan fingerprint density at radius 1 is 1.22 bits per heavy atom. The number of hydrogen-bond acceptors (Lipinski definition) is 2. The van der Waals surface area contributed by atoms with Crippen molar-refractivity contribution >= 4 is 9.84 Å². The highest BCUT2D eigenvalue weighted by Gasteiger charge is 2.15. The third kappa shape index (κ3) is 4.15. The molecule has 1 rings (SSSR count). The first-order valence-corrected chi connectivity index (χ1v) is 7.73. The van der Waals surface area contributed by atoms with E-state index < -0.39 is 9.84 Å². The van der Waals surface area contributed by atoms with E-state index in [0.717, 1.165) is 19.3 Å². The number of unbranched alkanes of at least 4 members (excludes halogenated alkanes) is 3. The molecule has 18 heavy (non-hydrogen) atoms. The van der Waals surface area contributed by atoms with Crippen LogP contribution in [0.3, 0.4) is 0 Å². The molecule has 0 aliphatic carbocycles. The standard InChI is InChI=1S/C15H20O2S/c1-3-4-5-6-8-11-14(2)18(16,17)15-12-9-7-10-13-15/h7-13H,2-6H2,1H3/b11-8+. The Balaban J connectivity index is 2.67. The predicted molar refractivity (Wildman–Crippen MR) is 76.0 cm³/mol. The molecule has 0 amide bonds. The molecule has 0 saturated carbocycles. The topological polar surface area (TPSA) is 34.1 Å². The van der Waals surface area contributed by atoms with Crippen LogP contribution in [0.15, 0.2) is 58.9 Å². The summed E-state index contributed by atoms with van der Waals surface area (Å²) < 4.78 is 24.2. The van der Waals surface area contributed by atoms with Gasteiger partial charge in [0.15, 0.2) is 0 Å². The van der Waals surface area contributed by atoms with Gasteiger partial charge in [-0.15, -0.1) is 0 Å². The van der Waals surface area contributed by atoms with E-state index in [-0.39, 0.29) is 4.91 Å². The molecule has 0 aliphatic heterocycles. The summed E-state index contributed by atoms with van der Waals surface area (Å²) >= 11 is 0. The Morgan fingerprint density at radius 3 is 2.50 bits per heavy atom. The highest BCUT2D eigenvalue weighted by atomic mass is 32.2. The molecule has 3 heteroatoms. The summed E-state index contributed by atoms with van der Waals surface area (Å²) in [4.78, 5) is 0.457. The summed E-state index contributed by atoms with van der Waals surface area (Å²) in [6.45, 7) is 5.79. The Kier molecular flexibility index (Phi) is 5.86. The maximum Gasteiger partial charge on any atom is 0.205 e. The van der Waals surface area contributed by atoms with E-state index in [2.05, 4.69) is 13.5 Å². The molecule has 98 valence electrons. The van der Waals surface area contributed by atoms with Crippen LogP contribution < -0.4 is 0 Å². The minimum Gasteiger partial charge on any atom is -0.219 e. The lowest BCUT2D eigenvalue weighted by atomic mass is 10.2. The van der Waals surface area contributed by atoms with Crippen LogP contribution >= 0.6 is 0 Å². The Morgan fingerprint density at radius 2 is 1.89 bits per heavy atom. The number of sulfone groups is 1. The highest BCUT2D eigenvalue weighted by Crippen LogP contribution is 2.18. The molecule has 0 radical (unpaired) electrons. The van der Waals surface area contributed by atoms with E-state index in [0.29, 0.717) is 4.90 Å². The largest absolute Gasteiger partial charge is 0.219 e. The SMILES string of the molecule is C=C(/C=C/CCCCC)S(=O)(=O)c1ccccc1. The van der Waals surface area contributed by atoms with Crippen LogP contribution in [-0.4, -0.2) is 8.42 Å². The van der Waals surface area contributed by atoms with Crippen LogP contribution in [0.5, 0.6) is 0 Å². The normalized spacial score (nSPS) is 11.8. The Bertz CT molecular complexity index is 499. The second-order valence-corrected chi connectivity index (χ2v) is 6.18. The van der Waals surface area contributed by atoms with Crippen LogP contribution in [0.2, 0.25) is 0 Å². The number of benzene rings is 1. The fourth-order valence-corrected chi connectivity index (χ4v) is 2.66. The molecular formula is C15H20O2S. The molecule has 0 fully saturated rings. The first-order chi connectivity index (χ1) is 8.59. The van der Waals surface area contributed by atoms with Gasteiger partial charge in [0.2, 0.25) is 9.84 Å². The third-order valence-corrected chi connectivity index (χ3v) is 4.40. The maximum absolute atomic E-state index is 12.1. The summed E-state index contributed by atoms with van der Waals surface area (Å²) in [5.74, 6) is 0. The zero-order valence-electron chi connectivity index (χ0n) is 10.8. The van der Waals surface area contributed by atoms with Gasteiger partial charge in [-0.1, -0.05) is 50.6 Å². The fraction of sp³-hybridized carbons (Fsp3) is 0.333. The first kappa shape index (κ1) is 14.7. The van der Waals surface area contributed by atoms with Gasteiger partial charge in [0.25, 0.3) is 0 Å². The molecule has 0 heterocycles. The lowest BCUT2D eigenvalue weighted by Gasteiger charge is -2.03. The van der Waals surface area contributed by atoms with Gasteiger partial charge in [0.05, 0.1) is 9.80 Å². The fourth-order valence-electron chi connectivity index (χ4n) is 1.57. The molecule has 2 nitrogen and oxygen atoms in total. The lowest BCUT2D eigenvalue weighted by Crippen LogP contribution is -2.01.